The van der Waals surface area contributed by atoms with Gasteiger partial charge in [0.15, 0.2) is 0 Å². The fourth-order valence-corrected chi connectivity index (χ4v) is 1.06. The minimum Gasteiger partial charge on any atom is -0.380 e. The topological polar surface area (TPSA) is 47.0 Å². The summed E-state index contributed by atoms with van der Waals surface area (Å²) in [6.07, 6.45) is 3.31. The zero-order valence-electron chi connectivity index (χ0n) is 8.73. The lowest BCUT2D eigenvalue weighted by atomic mass is 10.3. The van der Waals surface area contributed by atoms with Gasteiger partial charge in [0, 0.05) is 25.4 Å². The summed E-state index contributed by atoms with van der Waals surface area (Å²) in [5, 5.41) is 3.32. The van der Waals surface area contributed by atoms with Gasteiger partial charge in [-0.15, -0.1) is 0 Å². The quantitative estimate of drug-likeness (QED) is 0.735. The summed E-state index contributed by atoms with van der Waals surface area (Å²) in [5.41, 5.74) is 1.00. The van der Waals surface area contributed by atoms with Gasteiger partial charge in [-0.05, 0) is 19.9 Å². The van der Waals surface area contributed by atoms with E-state index in [1.165, 1.54) is 0 Å². The van der Waals surface area contributed by atoms with Gasteiger partial charge in [-0.1, -0.05) is 0 Å². The number of nitrogens with one attached hydrogen (secondary N) is 1. The van der Waals surface area contributed by atoms with Crippen molar-refractivity contribution in [1.29, 1.82) is 0 Å². The SMILES string of the molecule is CCOCC(C)NCc1ccncn1. The number of nitrogens with zero attached hydrogens (tertiary/aromatic N) is 2. The van der Waals surface area contributed by atoms with Gasteiger partial charge in [0.2, 0.25) is 0 Å². The Hall–Kier alpha value is -1.00. The molecule has 14 heavy (non-hydrogen) atoms. The second-order valence-corrected chi connectivity index (χ2v) is 3.14. The minimum absolute atomic E-state index is 0.352. The molecule has 1 aromatic rings. The first kappa shape index (κ1) is 11.1. The molecule has 1 rings (SSSR count). The molecule has 4 nitrogen and oxygen atoms in total. The molecule has 0 amide bonds. The highest BCUT2D eigenvalue weighted by Gasteiger charge is 2.00. The number of rotatable bonds is 6. The summed E-state index contributed by atoms with van der Waals surface area (Å²) < 4.78 is 5.29. The van der Waals surface area contributed by atoms with E-state index in [4.69, 9.17) is 4.74 Å². The van der Waals surface area contributed by atoms with Crippen LogP contribution >= 0.6 is 0 Å². The van der Waals surface area contributed by atoms with Gasteiger partial charge in [0.1, 0.15) is 6.33 Å². The van der Waals surface area contributed by atoms with E-state index in [0.717, 1.165) is 25.5 Å². The Kier molecular flexibility index (Phi) is 5.11. The van der Waals surface area contributed by atoms with Crippen LogP contribution in [-0.4, -0.2) is 29.2 Å². The second kappa shape index (κ2) is 6.45. The van der Waals surface area contributed by atoms with Gasteiger partial charge < -0.3 is 10.1 Å². The molecule has 78 valence electrons. The Morgan fingerprint density at radius 3 is 3.07 bits per heavy atom. The van der Waals surface area contributed by atoms with E-state index in [-0.39, 0.29) is 0 Å². The van der Waals surface area contributed by atoms with Gasteiger partial charge in [-0.2, -0.15) is 0 Å². The van der Waals surface area contributed by atoms with E-state index >= 15 is 0 Å². The van der Waals surface area contributed by atoms with Crippen molar-refractivity contribution in [2.45, 2.75) is 26.4 Å². The zero-order chi connectivity index (χ0) is 10.2. The van der Waals surface area contributed by atoms with E-state index in [0.29, 0.717) is 6.04 Å². The molecule has 0 saturated heterocycles. The molecule has 1 unspecified atom stereocenters. The normalized spacial score (nSPS) is 12.7. The van der Waals surface area contributed by atoms with Crippen LogP contribution in [0.25, 0.3) is 0 Å². The van der Waals surface area contributed by atoms with Crippen LogP contribution in [0.3, 0.4) is 0 Å². The molecule has 1 N–H and O–H groups in total. The van der Waals surface area contributed by atoms with Crippen LogP contribution in [0.2, 0.25) is 0 Å². The standard InChI is InChI=1S/C10H17N3O/c1-3-14-7-9(2)12-6-10-4-5-11-8-13-10/h4-5,8-9,12H,3,6-7H2,1-2H3. The molecule has 0 aliphatic heterocycles. The van der Waals surface area contributed by atoms with Crippen molar-refractivity contribution in [3.8, 4) is 0 Å². The Bertz CT molecular complexity index is 240. The average Bonchev–Trinajstić information content (AvgIpc) is 2.25. The van der Waals surface area contributed by atoms with Crippen molar-refractivity contribution in [1.82, 2.24) is 15.3 Å². The molecule has 1 atom stereocenters. The third kappa shape index (κ3) is 4.30. The van der Waals surface area contributed by atoms with Crippen molar-refractivity contribution in [3.63, 3.8) is 0 Å². The highest BCUT2D eigenvalue weighted by molar-refractivity contribution is 4.97. The Balaban J connectivity index is 2.20. The maximum Gasteiger partial charge on any atom is 0.115 e. The van der Waals surface area contributed by atoms with Crippen molar-refractivity contribution in [2.24, 2.45) is 0 Å². The fourth-order valence-electron chi connectivity index (χ4n) is 1.06. The molecule has 0 spiro atoms. The number of hydrogen-bond acceptors (Lipinski definition) is 4. The van der Waals surface area contributed by atoms with Crippen LogP contribution < -0.4 is 5.32 Å². The van der Waals surface area contributed by atoms with Gasteiger partial charge in [-0.25, -0.2) is 9.97 Å². The molecular weight excluding hydrogens is 178 g/mol. The van der Waals surface area contributed by atoms with E-state index in [1.807, 2.05) is 13.0 Å². The largest absolute Gasteiger partial charge is 0.380 e. The van der Waals surface area contributed by atoms with Gasteiger partial charge >= 0.3 is 0 Å². The summed E-state index contributed by atoms with van der Waals surface area (Å²) in [5.74, 6) is 0. The Morgan fingerprint density at radius 1 is 1.57 bits per heavy atom. The molecule has 0 bridgehead atoms. The third-order valence-electron chi connectivity index (χ3n) is 1.85. The third-order valence-corrected chi connectivity index (χ3v) is 1.85. The van der Waals surface area contributed by atoms with Gasteiger partial charge in [0.25, 0.3) is 0 Å². The maximum atomic E-state index is 5.29. The lowest BCUT2D eigenvalue weighted by Crippen LogP contribution is -2.30. The molecule has 0 radical (unpaired) electrons. The van der Waals surface area contributed by atoms with Crippen LogP contribution in [0, 0.1) is 0 Å². The molecule has 0 aliphatic carbocycles. The molecular formula is C10H17N3O. The average molecular weight is 195 g/mol. The first-order valence-corrected chi connectivity index (χ1v) is 4.89. The van der Waals surface area contributed by atoms with Crippen LogP contribution in [0.5, 0.6) is 0 Å². The summed E-state index contributed by atoms with van der Waals surface area (Å²) in [7, 11) is 0. The first-order valence-electron chi connectivity index (χ1n) is 4.89. The minimum atomic E-state index is 0.352. The lowest BCUT2D eigenvalue weighted by molar-refractivity contribution is 0.127. The second-order valence-electron chi connectivity index (χ2n) is 3.14. The molecule has 0 aliphatic rings. The monoisotopic (exact) mass is 195 g/mol. The molecule has 1 heterocycles. The predicted molar refractivity (Wildman–Crippen MR) is 54.8 cm³/mol. The van der Waals surface area contributed by atoms with Crippen LogP contribution in [-0.2, 0) is 11.3 Å². The van der Waals surface area contributed by atoms with Gasteiger partial charge in [0.05, 0.1) is 12.3 Å². The van der Waals surface area contributed by atoms with Crippen LogP contribution in [0.4, 0.5) is 0 Å². The predicted octanol–water partition coefficient (Wildman–Crippen LogP) is 0.991. The van der Waals surface area contributed by atoms with Crippen molar-refractivity contribution in [3.05, 3.63) is 24.3 Å². The lowest BCUT2D eigenvalue weighted by Gasteiger charge is -2.12. The van der Waals surface area contributed by atoms with Crippen molar-refractivity contribution in [2.75, 3.05) is 13.2 Å². The molecule has 4 heteroatoms. The molecule has 0 fully saturated rings. The summed E-state index contributed by atoms with van der Waals surface area (Å²) in [6.45, 7) is 6.35. The van der Waals surface area contributed by atoms with Crippen LogP contribution in [0.1, 0.15) is 19.5 Å². The van der Waals surface area contributed by atoms with Gasteiger partial charge in [-0.3, -0.25) is 0 Å². The summed E-state index contributed by atoms with van der Waals surface area (Å²) in [4.78, 5) is 7.98. The number of ether oxygens (including phenoxy) is 1. The number of hydrogen-bond donors (Lipinski definition) is 1. The molecule has 0 saturated carbocycles. The summed E-state index contributed by atoms with van der Waals surface area (Å²) in [6, 6.07) is 2.25. The maximum absolute atomic E-state index is 5.29. The summed E-state index contributed by atoms with van der Waals surface area (Å²) >= 11 is 0. The van der Waals surface area contributed by atoms with E-state index < -0.39 is 0 Å². The molecule has 0 aromatic carbocycles. The van der Waals surface area contributed by atoms with E-state index in [1.54, 1.807) is 12.5 Å². The highest BCUT2D eigenvalue weighted by Crippen LogP contribution is 1.92. The zero-order valence-corrected chi connectivity index (χ0v) is 8.73. The number of aromatic nitrogens is 2. The van der Waals surface area contributed by atoms with Crippen LogP contribution in [0.15, 0.2) is 18.6 Å². The van der Waals surface area contributed by atoms with E-state index in [2.05, 4.69) is 22.2 Å². The van der Waals surface area contributed by atoms with E-state index in [9.17, 15) is 0 Å². The first-order chi connectivity index (χ1) is 6.83. The molecule has 1 aromatic heterocycles. The van der Waals surface area contributed by atoms with Crippen molar-refractivity contribution >= 4 is 0 Å². The van der Waals surface area contributed by atoms with Crippen molar-refractivity contribution < 1.29 is 4.74 Å². The smallest absolute Gasteiger partial charge is 0.115 e. The highest BCUT2D eigenvalue weighted by atomic mass is 16.5. The Morgan fingerprint density at radius 2 is 2.43 bits per heavy atom. The Labute approximate surface area is 84.7 Å². The fraction of sp³-hybridized carbons (Fsp3) is 0.600.